The molecule has 1 rings (SSSR count). The number of aliphatic hydroxyl groups is 1. The first-order valence-corrected chi connectivity index (χ1v) is 4.62. The van der Waals surface area contributed by atoms with E-state index in [1.807, 2.05) is 5.32 Å². The number of benzene rings is 1. The molecule has 0 unspecified atom stereocenters. The Bertz CT molecular complexity index is 423. The molecule has 94 valence electrons. The summed E-state index contributed by atoms with van der Waals surface area (Å²) < 4.78 is 38.7. The molecule has 0 spiro atoms. The van der Waals surface area contributed by atoms with Crippen LogP contribution in [-0.2, 0) is 0 Å². The van der Waals surface area contributed by atoms with E-state index < -0.39 is 42.1 Å². The monoisotopic (exact) mass is 249 g/mol. The van der Waals surface area contributed by atoms with Crippen molar-refractivity contribution in [2.75, 3.05) is 18.5 Å². The fourth-order valence-electron chi connectivity index (χ4n) is 1.16. The van der Waals surface area contributed by atoms with Crippen LogP contribution in [0.25, 0.3) is 0 Å². The minimum absolute atomic E-state index is 0.446. The zero-order chi connectivity index (χ0) is 13.1. The quantitative estimate of drug-likeness (QED) is 0.740. The van der Waals surface area contributed by atoms with Gasteiger partial charge < -0.3 is 15.5 Å². The molecule has 17 heavy (non-hydrogen) atoms. The van der Waals surface area contributed by atoms with Crippen LogP contribution in [0.5, 0.6) is 0 Å². The minimum atomic E-state index is -3.45. The molecule has 0 aliphatic carbocycles. The van der Waals surface area contributed by atoms with Crippen LogP contribution in [0, 0.1) is 5.82 Å². The Morgan fingerprint density at radius 3 is 2.59 bits per heavy atom. The average Bonchev–Trinajstić information content (AvgIpc) is 2.27. The number of halogens is 3. The summed E-state index contributed by atoms with van der Waals surface area (Å²) in [6, 6.07) is 3.20. The molecule has 3 N–H and O–H groups in total. The maximum absolute atomic E-state index is 13.3. The zero-order valence-electron chi connectivity index (χ0n) is 8.58. The van der Waals surface area contributed by atoms with Gasteiger partial charge in [-0.1, -0.05) is 6.07 Å². The molecular weight excluding hydrogens is 239 g/mol. The molecule has 7 heteroatoms. The third-order valence-corrected chi connectivity index (χ3v) is 2.00. The number of aromatic carboxylic acids is 1. The first-order valence-electron chi connectivity index (χ1n) is 4.62. The third kappa shape index (κ3) is 3.35. The van der Waals surface area contributed by atoms with Crippen LogP contribution in [0.1, 0.15) is 10.4 Å². The first-order chi connectivity index (χ1) is 7.87. The third-order valence-electron chi connectivity index (χ3n) is 2.00. The molecule has 0 aromatic heterocycles. The van der Waals surface area contributed by atoms with Crippen molar-refractivity contribution in [3.05, 3.63) is 29.6 Å². The topological polar surface area (TPSA) is 69.6 Å². The van der Waals surface area contributed by atoms with Crippen LogP contribution < -0.4 is 5.32 Å². The predicted octanol–water partition coefficient (Wildman–Crippen LogP) is 1.56. The number of hydrogen-bond acceptors (Lipinski definition) is 3. The lowest BCUT2D eigenvalue weighted by molar-refractivity contribution is -0.0373. The molecule has 0 atom stereocenters. The standard InChI is InChI=1S/C10H10F3NO3/c11-7-3-1-2-6(9(16)17)8(7)14-4-10(12,13)5-15/h1-3,14-15H,4-5H2,(H,16,17). The number of carboxylic acid groups (broad SMARTS) is 1. The van der Waals surface area contributed by atoms with Gasteiger partial charge in [0.25, 0.3) is 5.92 Å². The Morgan fingerprint density at radius 2 is 2.06 bits per heavy atom. The molecule has 1 aromatic rings. The van der Waals surface area contributed by atoms with Gasteiger partial charge in [0.15, 0.2) is 0 Å². The summed E-state index contributed by atoms with van der Waals surface area (Å²) in [6.45, 7) is -2.46. The van der Waals surface area contributed by atoms with E-state index in [1.165, 1.54) is 0 Å². The summed E-state index contributed by atoms with van der Waals surface area (Å²) in [5.74, 6) is -5.82. The molecule has 0 heterocycles. The van der Waals surface area contributed by atoms with Crippen molar-refractivity contribution in [3.63, 3.8) is 0 Å². The van der Waals surface area contributed by atoms with Crippen LogP contribution in [0.2, 0.25) is 0 Å². The van der Waals surface area contributed by atoms with Crippen molar-refractivity contribution < 1.29 is 28.2 Å². The van der Waals surface area contributed by atoms with E-state index in [-0.39, 0.29) is 0 Å². The lowest BCUT2D eigenvalue weighted by Crippen LogP contribution is -2.31. The largest absolute Gasteiger partial charge is 0.478 e. The molecule has 0 aliphatic rings. The normalized spacial score (nSPS) is 11.3. The summed E-state index contributed by atoms with van der Waals surface area (Å²) >= 11 is 0. The highest BCUT2D eigenvalue weighted by molar-refractivity contribution is 5.94. The van der Waals surface area contributed by atoms with Crippen LogP contribution in [0.4, 0.5) is 18.9 Å². The fraction of sp³-hybridized carbons (Fsp3) is 0.300. The van der Waals surface area contributed by atoms with Crippen molar-refractivity contribution in [3.8, 4) is 0 Å². The van der Waals surface area contributed by atoms with Gasteiger partial charge in [0.05, 0.1) is 17.8 Å². The zero-order valence-corrected chi connectivity index (χ0v) is 8.58. The number of anilines is 1. The Hall–Kier alpha value is -1.76. The SMILES string of the molecule is O=C(O)c1cccc(F)c1NCC(F)(F)CO. The van der Waals surface area contributed by atoms with Crippen LogP contribution in [-0.4, -0.2) is 35.3 Å². The lowest BCUT2D eigenvalue weighted by atomic mass is 10.1. The maximum Gasteiger partial charge on any atom is 0.337 e. The number of carboxylic acids is 1. The summed E-state index contributed by atoms with van der Waals surface area (Å²) in [5, 5.41) is 19.0. The van der Waals surface area contributed by atoms with Gasteiger partial charge in [-0.3, -0.25) is 0 Å². The summed E-state index contributed by atoms with van der Waals surface area (Å²) in [4.78, 5) is 10.7. The molecule has 0 bridgehead atoms. The van der Waals surface area contributed by atoms with E-state index in [0.29, 0.717) is 0 Å². The van der Waals surface area contributed by atoms with E-state index in [1.54, 1.807) is 0 Å². The van der Waals surface area contributed by atoms with E-state index in [0.717, 1.165) is 18.2 Å². The Balaban J connectivity index is 2.94. The number of rotatable bonds is 5. The van der Waals surface area contributed by atoms with Gasteiger partial charge in [0, 0.05) is 0 Å². The second-order valence-electron chi connectivity index (χ2n) is 3.34. The summed E-state index contributed by atoms with van der Waals surface area (Å²) in [7, 11) is 0. The fourth-order valence-corrected chi connectivity index (χ4v) is 1.16. The molecule has 0 radical (unpaired) electrons. The van der Waals surface area contributed by atoms with Crippen molar-refractivity contribution in [2.45, 2.75) is 5.92 Å². The van der Waals surface area contributed by atoms with Gasteiger partial charge in [-0.15, -0.1) is 0 Å². The van der Waals surface area contributed by atoms with Crippen LogP contribution in [0.3, 0.4) is 0 Å². The van der Waals surface area contributed by atoms with Crippen molar-refractivity contribution in [1.82, 2.24) is 0 Å². The highest BCUT2D eigenvalue weighted by Gasteiger charge is 2.28. The highest BCUT2D eigenvalue weighted by Crippen LogP contribution is 2.22. The van der Waals surface area contributed by atoms with Crippen molar-refractivity contribution in [1.29, 1.82) is 0 Å². The highest BCUT2D eigenvalue weighted by atomic mass is 19.3. The molecule has 0 fully saturated rings. The Morgan fingerprint density at radius 1 is 1.41 bits per heavy atom. The van der Waals surface area contributed by atoms with Gasteiger partial charge in [-0.05, 0) is 12.1 Å². The smallest absolute Gasteiger partial charge is 0.337 e. The number of alkyl halides is 2. The average molecular weight is 249 g/mol. The summed E-state index contributed by atoms with van der Waals surface area (Å²) in [6.07, 6.45) is 0. The van der Waals surface area contributed by atoms with E-state index >= 15 is 0 Å². The molecule has 4 nitrogen and oxygen atoms in total. The Labute approximate surface area is 94.7 Å². The second kappa shape index (κ2) is 5.05. The molecule has 0 saturated carbocycles. The first kappa shape index (κ1) is 13.3. The van der Waals surface area contributed by atoms with Gasteiger partial charge >= 0.3 is 5.97 Å². The van der Waals surface area contributed by atoms with Crippen molar-refractivity contribution >= 4 is 11.7 Å². The number of nitrogens with one attached hydrogen (secondary N) is 1. The van der Waals surface area contributed by atoms with Crippen molar-refractivity contribution in [2.24, 2.45) is 0 Å². The predicted molar refractivity (Wildman–Crippen MR) is 53.9 cm³/mol. The number of aliphatic hydroxyl groups excluding tert-OH is 1. The Kier molecular flexibility index (Phi) is 3.95. The number of para-hydroxylation sites is 1. The lowest BCUT2D eigenvalue weighted by Gasteiger charge is -2.16. The number of carbonyl (C=O) groups is 1. The van der Waals surface area contributed by atoms with Gasteiger partial charge in [0.2, 0.25) is 0 Å². The molecule has 0 aliphatic heterocycles. The van der Waals surface area contributed by atoms with E-state index in [9.17, 15) is 18.0 Å². The van der Waals surface area contributed by atoms with Gasteiger partial charge in [-0.25, -0.2) is 18.0 Å². The van der Waals surface area contributed by atoms with E-state index in [2.05, 4.69) is 0 Å². The van der Waals surface area contributed by atoms with Crippen LogP contribution >= 0.6 is 0 Å². The van der Waals surface area contributed by atoms with Gasteiger partial charge in [0.1, 0.15) is 12.4 Å². The van der Waals surface area contributed by atoms with E-state index in [4.69, 9.17) is 10.2 Å². The maximum atomic E-state index is 13.3. The van der Waals surface area contributed by atoms with Gasteiger partial charge in [-0.2, -0.15) is 0 Å². The molecular formula is C10H10F3NO3. The number of hydrogen-bond donors (Lipinski definition) is 3. The molecule has 0 saturated heterocycles. The molecule has 1 aromatic carbocycles. The summed E-state index contributed by atoms with van der Waals surface area (Å²) in [5.41, 5.74) is -0.966. The molecule has 0 amide bonds. The second-order valence-corrected chi connectivity index (χ2v) is 3.34. The van der Waals surface area contributed by atoms with Crippen LogP contribution in [0.15, 0.2) is 18.2 Å². The minimum Gasteiger partial charge on any atom is -0.478 e.